The highest BCUT2D eigenvalue weighted by molar-refractivity contribution is 6.22. The van der Waals surface area contributed by atoms with Crippen LogP contribution >= 0.6 is 0 Å². The van der Waals surface area contributed by atoms with Gasteiger partial charge in [0.2, 0.25) is 11.8 Å². The van der Waals surface area contributed by atoms with Gasteiger partial charge in [-0.1, -0.05) is 30.3 Å². The Balaban J connectivity index is 1.19. The van der Waals surface area contributed by atoms with Gasteiger partial charge in [-0.25, -0.2) is 4.79 Å². The van der Waals surface area contributed by atoms with Crippen molar-refractivity contribution in [1.29, 1.82) is 0 Å². The maximum atomic E-state index is 13.3. The first kappa shape index (κ1) is 26.9. The van der Waals surface area contributed by atoms with Crippen molar-refractivity contribution in [2.75, 3.05) is 31.0 Å². The van der Waals surface area contributed by atoms with E-state index in [-0.39, 0.29) is 35.1 Å². The van der Waals surface area contributed by atoms with Crippen LogP contribution in [0.4, 0.5) is 11.4 Å². The second-order valence-corrected chi connectivity index (χ2v) is 9.88. The van der Waals surface area contributed by atoms with Crippen LogP contribution in [0.1, 0.15) is 41.1 Å². The van der Waals surface area contributed by atoms with Gasteiger partial charge in [0.05, 0.1) is 43.0 Å². The lowest BCUT2D eigenvalue weighted by Gasteiger charge is -2.28. The first-order chi connectivity index (χ1) is 19.4. The standard InChI is InChI=1S/C31H30N2O7/c1-38-23-13-15-27(39-2)26(17-23)32-28(34)18-40-31(37)20-8-11-22(12-9-20)33-29(35)24-14-10-21(16-25(24)30(33)36)19-6-4-3-5-7-19/h3-9,11-13,15,17,21,24-25H,10,14,16,18H2,1-2H3,(H,32,34)/t21-,24-,25-/m1/s1. The van der Waals surface area contributed by atoms with Crippen molar-refractivity contribution in [3.8, 4) is 11.5 Å². The van der Waals surface area contributed by atoms with Gasteiger partial charge < -0.3 is 19.5 Å². The van der Waals surface area contributed by atoms with E-state index in [1.165, 1.54) is 36.8 Å². The first-order valence-electron chi connectivity index (χ1n) is 13.1. The van der Waals surface area contributed by atoms with Gasteiger partial charge in [-0.3, -0.25) is 19.3 Å². The summed E-state index contributed by atoms with van der Waals surface area (Å²) in [7, 11) is 2.98. The lowest BCUT2D eigenvalue weighted by Crippen LogP contribution is -2.30. The highest BCUT2D eigenvalue weighted by Crippen LogP contribution is 2.45. The molecule has 1 aliphatic carbocycles. The Morgan fingerprint density at radius 2 is 1.60 bits per heavy atom. The Morgan fingerprint density at radius 3 is 2.30 bits per heavy atom. The molecule has 0 radical (unpaired) electrons. The number of fused-ring (bicyclic) bond motifs is 1. The molecule has 1 saturated carbocycles. The average molecular weight is 543 g/mol. The molecule has 1 N–H and O–H groups in total. The van der Waals surface area contributed by atoms with Gasteiger partial charge in [0.25, 0.3) is 5.91 Å². The molecule has 3 aromatic rings. The van der Waals surface area contributed by atoms with Crippen LogP contribution in [0.3, 0.4) is 0 Å². The van der Waals surface area contributed by atoms with Crippen molar-refractivity contribution in [3.63, 3.8) is 0 Å². The molecule has 0 bridgehead atoms. The number of carbonyl (C=O) groups excluding carboxylic acids is 4. The zero-order valence-corrected chi connectivity index (χ0v) is 22.3. The SMILES string of the molecule is COc1ccc(OC)c(NC(=O)COC(=O)c2ccc(N3C(=O)[C@@H]4CC[C@@H](c5ccccc5)C[C@H]4C3=O)cc2)c1. The number of carbonyl (C=O) groups is 4. The third kappa shape index (κ3) is 5.40. The van der Waals surface area contributed by atoms with E-state index in [4.69, 9.17) is 14.2 Å². The summed E-state index contributed by atoms with van der Waals surface area (Å²) in [6, 6.07) is 21.1. The predicted molar refractivity (Wildman–Crippen MR) is 147 cm³/mol. The number of imide groups is 1. The Hall–Kier alpha value is -4.66. The highest BCUT2D eigenvalue weighted by atomic mass is 16.5. The van der Waals surface area contributed by atoms with Gasteiger partial charge in [0.1, 0.15) is 11.5 Å². The summed E-state index contributed by atoms with van der Waals surface area (Å²) in [6.07, 6.45) is 2.17. The quantitative estimate of drug-likeness (QED) is 0.328. The lowest BCUT2D eigenvalue weighted by molar-refractivity contribution is -0.122. The molecule has 3 atom stereocenters. The molecule has 0 aromatic heterocycles. The minimum Gasteiger partial charge on any atom is -0.497 e. The maximum absolute atomic E-state index is 13.3. The number of esters is 1. The number of anilines is 2. The molecule has 2 fully saturated rings. The molecule has 40 heavy (non-hydrogen) atoms. The normalized spacial score (nSPS) is 20.1. The highest BCUT2D eigenvalue weighted by Gasteiger charge is 2.50. The van der Waals surface area contributed by atoms with Gasteiger partial charge in [-0.15, -0.1) is 0 Å². The van der Waals surface area contributed by atoms with Crippen molar-refractivity contribution in [2.24, 2.45) is 11.8 Å². The van der Waals surface area contributed by atoms with Crippen LogP contribution in [0.25, 0.3) is 0 Å². The van der Waals surface area contributed by atoms with Gasteiger partial charge >= 0.3 is 5.97 Å². The molecule has 206 valence electrons. The third-order valence-corrected chi connectivity index (χ3v) is 7.57. The molecular weight excluding hydrogens is 512 g/mol. The molecule has 9 heteroatoms. The summed E-state index contributed by atoms with van der Waals surface area (Å²) >= 11 is 0. The van der Waals surface area contributed by atoms with Crippen LogP contribution in [-0.2, 0) is 19.1 Å². The summed E-state index contributed by atoms with van der Waals surface area (Å²) < 4.78 is 15.6. The molecule has 5 rings (SSSR count). The van der Waals surface area contributed by atoms with Gasteiger partial charge in [-0.05, 0) is 67.1 Å². The van der Waals surface area contributed by atoms with Crippen LogP contribution in [-0.4, -0.2) is 44.5 Å². The number of hydrogen-bond donors (Lipinski definition) is 1. The van der Waals surface area contributed by atoms with E-state index < -0.39 is 18.5 Å². The van der Waals surface area contributed by atoms with Crippen LogP contribution in [0, 0.1) is 11.8 Å². The monoisotopic (exact) mass is 542 g/mol. The Labute approximate surface area is 232 Å². The second kappa shape index (κ2) is 11.6. The summed E-state index contributed by atoms with van der Waals surface area (Å²) in [5.74, 6) is -1.12. The fourth-order valence-corrected chi connectivity index (χ4v) is 5.52. The van der Waals surface area contributed by atoms with Crippen LogP contribution in [0.15, 0.2) is 72.8 Å². The third-order valence-electron chi connectivity index (χ3n) is 7.57. The molecule has 9 nitrogen and oxygen atoms in total. The minimum atomic E-state index is -0.710. The Morgan fingerprint density at radius 1 is 0.875 bits per heavy atom. The van der Waals surface area contributed by atoms with E-state index >= 15 is 0 Å². The van der Waals surface area contributed by atoms with E-state index in [1.807, 2.05) is 18.2 Å². The second-order valence-electron chi connectivity index (χ2n) is 9.88. The summed E-state index contributed by atoms with van der Waals surface area (Å²) in [5, 5.41) is 2.63. The lowest BCUT2D eigenvalue weighted by atomic mass is 9.73. The van der Waals surface area contributed by atoms with Crippen molar-refractivity contribution in [3.05, 3.63) is 83.9 Å². The molecular formula is C31H30N2O7. The minimum absolute atomic E-state index is 0.191. The van der Waals surface area contributed by atoms with Gasteiger partial charge in [0, 0.05) is 6.07 Å². The van der Waals surface area contributed by atoms with E-state index in [2.05, 4.69) is 17.4 Å². The summed E-state index contributed by atoms with van der Waals surface area (Å²) in [6.45, 7) is -0.518. The molecule has 2 aliphatic rings. The van der Waals surface area contributed by atoms with E-state index in [9.17, 15) is 19.2 Å². The van der Waals surface area contributed by atoms with E-state index in [1.54, 1.807) is 30.3 Å². The fraction of sp³-hybridized carbons (Fsp3) is 0.290. The average Bonchev–Trinajstić information content (AvgIpc) is 3.25. The first-order valence-corrected chi connectivity index (χ1v) is 13.1. The summed E-state index contributed by atoms with van der Waals surface area (Å²) in [5.41, 5.74) is 2.18. The zero-order chi connectivity index (χ0) is 28.2. The number of methoxy groups -OCH3 is 2. The van der Waals surface area contributed by atoms with Crippen LogP contribution in [0.2, 0.25) is 0 Å². The number of nitrogens with zero attached hydrogens (tertiary/aromatic N) is 1. The van der Waals surface area contributed by atoms with Crippen LogP contribution < -0.4 is 19.7 Å². The number of benzene rings is 3. The molecule has 0 spiro atoms. The number of hydrogen-bond acceptors (Lipinski definition) is 7. The van der Waals surface area contributed by atoms with Crippen molar-refractivity contribution >= 4 is 35.1 Å². The zero-order valence-electron chi connectivity index (χ0n) is 22.3. The Kier molecular flexibility index (Phi) is 7.82. The summed E-state index contributed by atoms with van der Waals surface area (Å²) in [4.78, 5) is 52.7. The van der Waals surface area contributed by atoms with Gasteiger partial charge in [0.15, 0.2) is 6.61 Å². The molecule has 0 unspecified atom stereocenters. The molecule has 3 amide bonds. The fourth-order valence-electron chi connectivity index (χ4n) is 5.52. The van der Waals surface area contributed by atoms with Crippen LogP contribution in [0.5, 0.6) is 11.5 Å². The number of ether oxygens (including phenoxy) is 3. The number of rotatable bonds is 8. The maximum Gasteiger partial charge on any atom is 0.338 e. The molecule has 1 saturated heterocycles. The van der Waals surface area contributed by atoms with Crippen molar-refractivity contribution < 1.29 is 33.4 Å². The van der Waals surface area contributed by atoms with Gasteiger partial charge in [-0.2, -0.15) is 0 Å². The predicted octanol–water partition coefficient (Wildman–Crippen LogP) is 4.57. The Bertz CT molecular complexity index is 1420. The molecule has 3 aromatic carbocycles. The number of amides is 3. The molecule has 1 heterocycles. The van der Waals surface area contributed by atoms with Crippen molar-refractivity contribution in [1.82, 2.24) is 0 Å². The van der Waals surface area contributed by atoms with Crippen molar-refractivity contribution in [2.45, 2.75) is 25.2 Å². The van der Waals surface area contributed by atoms with E-state index in [0.29, 0.717) is 35.7 Å². The topological polar surface area (TPSA) is 111 Å². The van der Waals surface area contributed by atoms with E-state index in [0.717, 1.165) is 6.42 Å². The number of nitrogens with one attached hydrogen (secondary N) is 1. The molecule has 1 aliphatic heterocycles. The largest absolute Gasteiger partial charge is 0.497 e. The smallest absolute Gasteiger partial charge is 0.338 e.